The van der Waals surface area contributed by atoms with Crippen LogP contribution in [0.2, 0.25) is 0 Å². The van der Waals surface area contributed by atoms with Gasteiger partial charge in [0.25, 0.3) is 0 Å². The molecule has 110 valence electrons. The van der Waals surface area contributed by atoms with Crippen molar-refractivity contribution in [1.29, 1.82) is 0 Å². The molecule has 2 aromatic rings. The zero-order valence-electron chi connectivity index (χ0n) is 12.0. The molecule has 2 N–H and O–H groups in total. The van der Waals surface area contributed by atoms with Gasteiger partial charge in [0.2, 0.25) is 0 Å². The van der Waals surface area contributed by atoms with Gasteiger partial charge in [-0.3, -0.25) is 5.32 Å². The summed E-state index contributed by atoms with van der Waals surface area (Å²) in [5.41, 5.74) is 1.85. The van der Waals surface area contributed by atoms with Crippen LogP contribution >= 0.6 is 0 Å². The lowest BCUT2D eigenvalue weighted by molar-refractivity contribution is -0.145. The number of hydrogen-bond acceptors (Lipinski definition) is 4. The van der Waals surface area contributed by atoms with Gasteiger partial charge in [-0.15, -0.1) is 0 Å². The normalized spacial score (nSPS) is 11.9. The van der Waals surface area contributed by atoms with E-state index in [9.17, 15) is 9.90 Å². The molecule has 4 nitrogen and oxygen atoms in total. The predicted molar refractivity (Wildman–Crippen MR) is 80.8 cm³/mol. The van der Waals surface area contributed by atoms with E-state index in [0.29, 0.717) is 13.2 Å². The Morgan fingerprint density at radius 1 is 1.14 bits per heavy atom. The molecule has 0 aromatic heterocycles. The monoisotopic (exact) mass is 285 g/mol. The molecular formula is C17H19NO3. The third kappa shape index (κ3) is 4.33. The topological polar surface area (TPSA) is 58.6 Å². The van der Waals surface area contributed by atoms with Crippen molar-refractivity contribution in [3.05, 3.63) is 65.7 Å². The van der Waals surface area contributed by atoms with Crippen molar-refractivity contribution in [2.75, 3.05) is 6.61 Å². The van der Waals surface area contributed by atoms with Crippen LogP contribution in [0.4, 0.5) is 0 Å². The highest BCUT2D eigenvalue weighted by Crippen LogP contribution is 2.19. The van der Waals surface area contributed by atoms with E-state index in [1.807, 2.05) is 30.3 Å². The van der Waals surface area contributed by atoms with Gasteiger partial charge in [-0.2, -0.15) is 0 Å². The van der Waals surface area contributed by atoms with Crippen molar-refractivity contribution >= 4 is 5.97 Å². The number of rotatable bonds is 6. The Hall–Kier alpha value is -2.33. The van der Waals surface area contributed by atoms with Gasteiger partial charge in [0, 0.05) is 6.54 Å². The number of phenols is 1. The Kier molecular flexibility index (Phi) is 5.35. The van der Waals surface area contributed by atoms with Crippen LogP contribution < -0.4 is 5.32 Å². The molecule has 0 heterocycles. The van der Waals surface area contributed by atoms with Crippen LogP contribution in [0.25, 0.3) is 0 Å². The lowest BCUT2D eigenvalue weighted by atomic mass is 10.1. The van der Waals surface area contributed by atoms with Crippen LogP contribution in [0, 0.1) is 0 Å². The van der Waals surface area contributed by atoms with Gasteiger partial charge < -0.3 is 9.84 Å². The predicted octanol–water partition coefficient (Wildman–Crippen LogP) is 2.79. The summed E-state index contributed by atoms with van der Waals surface area (Å²) >= 11 is 0. The first-order valence-electron chi connectivity index (χ1n) is 6.93. The Morgan fingerprint density at radius 2 is 1.81 bits per heavy atom. The molecule has 0 bridgehead atoms. The van der Waals surface area contributed by atoms with Gasteiger partial charge in [0.1, 0.15) is 11.8 Å². The van der Waals surface area contributed by atoms with Crippen molar-refractivity contribution in [2.45, 2.75) is 19.5 Å². The van der Waals surface area contributed by atoms with Gasteiger partial charge in [-0.1, -0.05) is 42.5 Å². The number of hydrogen-bond donors (Lipinski definition) is 2. The van der Waals surface area contributed by atoms with Crippen molar-refractivity contribution in [2.24, 2.45) is 0 Å². The summed E-state index contributed by atoms with van der Waals surface area (Å²) < 4.78 is 5.11. The second-order valence-corrected chi connectivity index (χ2v) is 4.64. The minimum atomic E-state index is -0.550. The quantitative estimate of drug-likeness (QED) is 0.801. The van der Waals surface area contributed by atoms with Crippen molar-refractivity contribution in [1.82, 2.24) is 5.32 Å². The molecule has 0 saturated heterocycles. The zero-order chi connectivity index (χ0) is 15.1. The number of carbonyl (C=O) groups excluding carboxylic acids is 1. The number of phenolic OH excluding ortho intramolecular Hbond substituents is 1. The largest absolute Gasteiger partial charge is 0.508 e. The minimum absolute atomic E-state index is 0.171. The molecule has 0 spiro atoms. The number of carbonyl (C=O) groups is 1. The fourth-order valence-electron chi connectivity index (χ4n) is 2.05. The molecule has 0 amide bonds. The molecule has 4 heteroatoms. The third-order valence-corrected chi connectivity index (χ3v) is 3.10. The number of benzene rings is 2. The summed E-state index contributed by atoms with van der Waals surface area (Å²) in [6.07, 6.45) is 0. The maximum Gasteiger partial charge on any atom is 0.327 e. The molecule has 0 aliphatic carbocycles. The smallest absolute Gasteiger partial charge is 0.327 e. The van der Waals surface area contributed by atoms with Gasteiger partial charge >= 0.3 is 5.97 Å². The Bertz CT molecular complexity index is 566. The van der Waals surface area contributed by atoms with Gasteiger partial charge in [0.15, 0.2) is 0 Å². The highest BCUT2D eigenvalue weighted by molar-refractivity contribution is 5.77. The fourth-order valence-corrected chi connectivity index (χ4v) is 2.05. The molecule has 2 rings (SSSR count). The number of ether oxygens (including phenoxy) is 1. The van der Waals surface area contributed by atoms with Gasteiger partial charge in [0.05, 0.1) is 6.61 Å². The highest BCUT2D eigenvalue weighted by Gasteiger charge is 2.21. The first-order valence-corrected chi connectivity index (χ1v) is 6.93. The molecular weight excluding hydrogens is 266 g/mol. The summed E-state index contributed by atoms with van der Waals surface area (Å²) in [4.78, 5) is 12.1. The number of esters is 1. The summed E-state index contributed by atoms with van der Waals surface area (Å²) in [5.74, 6) is -0.150. The summed E-state index contributed by atoms with van der Waals surface area (Å²) in [6.45, 7) is 2.68. The van der Waals surface area contributed by atoms with E-state index in [4.69, 9.17) is 4.74 Å². The molecule has 0 radical (unpaired) electrons. The van der Waals surface area contributed by atoms with Crippen LogP contribution in [0.3, 0.4) is 0 Å². The summed E-state index contributed by atoms with van der Waals surface area (Å²) in [7, 11) is 0. The van der Waals surface area contributed by atoms with Gasteiger partial charge in [-0.25, -0.2) is 4.79 Å². The molecule has 21 heavy (non-hydrogen) atoms. The Balaban J connectivity index is 2.12. The minimum Gasteiger partial charge on any atom is -0.508 e. The maximum atomic E-state index is 12.1. The van der Waals surface area contributed by atoms with Crippen molar-refractivity contribution in [3.8, 4) is 5.75 Å². The van der Waals surface area contributed by atoms with Crippen LogP contribution in [0.1, 0.15) is 24.1 Å². The van der Waals surface area contributed by atoms with E-state index < -0.39 is 6.04 Å². The molecule has 0 saturated carbocycles. The van der Waals surface area contributed by atoms with Crippen LogP contribution in [-0.4, -0.2) is 17.7 Å². The van der Waals surface area contributed by atoms with Crippen LogP contribution in [0.15, 0.2) is 54.6 Å². The van der Waals surface area contributed by atoms with Crippen LogP contribution in [-0.2, 0) is 16.1 Å². The maximum absolute atomic E-state index is 12.1. The van der Waals surface area contributed by atoms with Crippen molar-refractivity contribution in [3.63, 3.8) is 0 Å². The Labute approximate surface area is 124 Å². The van der Waals surface area contributed by atoms with E-state index in [1.165, 1.54) is 0 Å². The van der Waals surface area contributed by atoms with Crippen molar-refractivity contribution < 1.29 is 14.6 Å². The van der Waals surface area contributed by atoms with Gasteiger partial charge in [-0.05, 0) is 30.2 Å². The van der Waals surface area contributed by atoms with E-state index >= 15 is 0 Å². The first kappa shape index (κ1) is 15.1. The average Bonchev–Trinajstić information content (AvgIpc) is 2.50. The van der Waals surface area contributed by atoms with Crippen LogP contribution in [0.5, 0.6) is 5.75 Å². The second-order valence-electron chi connectivity index (χ2n) is 4.64. The van der Waals surface area contributed by atoms with E-state index in [1.54, 1.807) is 31.2 Å². The Morgan fingerprint density at radius 3 is 2.43 bits per heavy atom. The van der Waals surface area contributed by atoms with E-state index in [2.05, 4.69) is 5.32 Å². The molecule has 1 unspecified atom stereocenters. The fraction of sp³-hybridized carbons (Fsp3) is 0.235. The third-order valence-electron chi connectivity index (χ3n) is 3.10. The average molecular weight is 285 g/mol. The molecule has 2 aromatic carbocycles. The molecule has 1 atom stereocenters. The molecule has 0 aliphatic heterocycles. The highest BCUT2D eigenvalue weighted by atomic mass is 16.5. The first-order chi connectivity index (χ1) is 10.2. The zero-order valence-corrected chi connectivity index (χ0v) is 12.0. The standard InChI is InChI=1S/C17H19NO3/c1-2-21-17(20)16(14-8-10-15(19)11-9-14)18-12-13-6-4-3-5-7-13/h3-11,16,18-19H,2,12H2,1H3. The lowest BCUT2D eigenvalue weighted by Gasteiger charge is -2.18. The summed E-state index contributed by atoms with van der Waals surface area (Å²) in [5, 5.41) is 12.6. The molecule has 0 fully saturated rings. The summed E-state index contributed by atoms with van der Waals surface area (Å²) in [6, 6.07) is 15.9. The number of nitrogens with one attached hydrogen (secondary N) is 1. The molecule has 0 aliphatic rings. The van der Waals surface area contributed by atoms with E-state index in [0.717, 1.165) is 11.1 Å². The second kappa shape index (κ2) is 7.45. The number of aromatic hydroxyl groups is 1. The SMILES string of the molecule is CCOC(=O)C(NCc1ccccc1)c1ccc(O)cc1. The van der Waals surface area contributed by atoms with E-state index in [-0.39, 0.29) is 11.7 Å². The lowest BCUT2D eigenvalue weighted by Crippen LogP contribution is -2.29.